The molecular weight excluding hydrogens is 1630 g/mol. The zero-order valence-corrected chi connectivity index (χ0v) is 61.1. The van der Waals surface area contributed by atoms with Crippen LogP contribution in [0.5, 0.6) is 51.7 Å². The molecule has 0 saturated carbocycles. The van der Waals surface area contributed by atoms with Crippen molar-refractivity contribution in [2.75, 3.05) is 49.9 Å². The van der Waals surface area contributed by atoms with Gasteiger partial charge in [-0.25, -0.2) is 60.8 Å². The van der Waals surface area contributed by atoms with Gasteiger partial charge in [0.15, 0.2) is 52.2 Å². The third-order valence-corrected chi connectivity index (χ3v) is 20.1. The number of hydrogen-bond donors (Lipinski definition) is 3. The van der Waals surface area contributed by atoms with E-state index in [-0.39, 0.29) is 117 Å². The van der Waals surface area contributed by atoms with Crippen LogP contribution in [0, 0.1) is 65.2 Å². The second-order valence-electron chi connectivity index (χ2n) is 21.8. The zero-order chi connectivity index (χ0) is 75.5. The van der Waals surface area contributed by atoms with Crippen LogP contribution in [0.2, 0.25) is 15.5 Å². The normalized spacial score (nSPS) is 12.6. The maximum absolute atomic E-state index is 14.7. The number of nitrogens with zero attached hydrogens (tertiary/aromatic N) is 8. The molecule has 2 aliphatic rings. The van der Waals surface area contributed by atoms with Gasteiger partial charge in [0.25, 0.3) is 0 Å². The minimum Gasteiger partial charge on any atom is -0.483 e. The second kappa shape index (κ2) is 37.6. The first kappa shape index (κ1) is 80.5. The number of aliphatic hydroxyl groups is 1. The highest BCUT2D eigenvalue weighted by Crippen LogP contribution is 2.61. The van der Waals surface area contributed by atoms with Crippen molar-refractivity contribution in [1.82, 2.24) is 34.5 Å². The van der Waals surface area contributed by atoms with E-state index in [1.165, 1.54) is 110 Å². The van der Waals surface area contributed by atoms with Gasteiger partial charge in [-0.1, -0.05) is 66.7 Å². The summed E-state index contributed by atoms with van der Waals surface area (Å²) in [6.07, 6.45) is 3.89. The molecule has 6 aromatic carbocycles. The van der Waals surface area contributed by atoms with Crippen LogP contribution < -0.4 is 38.6 Å². The van der Waals surface area contributed by atoms with E-state index in [4.69, 9.17) is 77.4 Å². The Kier molecular flexibility index (Phi) is 28.8. The van der Waals surface area contributed by atoms with Gasteiger partial charge >= 0.3 is 32.4 Å². The number of halogens is 11. The second-order valence-corrected chi connectivity index (χ2v) is 28.9. The lowest BCUT2D eigenvalue weighted by Gasteiger charge is -2.20. The summed E-state index contributed by atoms with van der Waals surface area (Å²) in [5.74, 6) is -7.47. The molecule has 40 heteroatoms. The van der Waals surface area contributed by atoms with Crippen molar-refractivity contribution >= 4 is 99.1 Å². The Hall–Kier alpha value is -8.64. The molecule has 2 saturated heterocycles. The predicted octanol–water partition coefficient (Wildman–Crippen LogP) is 17.2. The van der Waals surface area contributed by atoms with Crippen LogP contribution in [0.4, 0.5) is 43.4 Å². The summed E-state index contributed by atoms with van der Waals surface area (Å²) in [5.41, 5.74) is 0.468. The molecule has 5 heterocycles. The highest BCUT2D eigenvalue weighted by Gasteiger charge is 2.49. The Morgan fingerprint density at radius 2 is 0.752 bits per heavy atom. The molecule has 27 nitrogen and oxygen atoms in total. The monoisotopic (exact) mass is 1690 g/mol. The summed E-state index contributed by atoms with van der Waals surface area (Å²) >= 11 is 23.6. The summed E-state index contributed by atoms with van der Waals surface area (Å²) in [5, 5.41) is 50.2. The molecule has 0 spiro atoms. The molecular formula is C65H55Br2Cl3F6N10O17P2. The Morgan fingerprint density at radius 1 is 0.448 bits per heavy atom. The van der Waals surface area contributed by atoms with Gasteiger partial charge in [-0.3, -0.25) is 39.5 Å². The van der Waals surface area contributed by atoms with Crippen LogP contribution in [0.25, 0.3) is 0 Å². The standard InChI is InChI=1S/C23H22Br2ClF2N4O6P.C23H20ClF2N4O6P.C19H13ClF2N2O5/c24-5-7-30-39(35,31-8-6-25)37-14-16-9-18(27)23(19(28)10-16)36-13-15-1-3-20(32(33)34)21(11-15)38-17-2-4-22(26)29-12-17;24-22-4-2-17(12-27-22)36-21-11-15(1-3-20(21)30(31)32)13-34-23-18(25)9-16(10-19(23)26)14-35-37(33,28-5-6-28)29-7-8-29;20-18-4-2-13(8-23-18)29-17-7-11(1-3-16(17)24(26)27)10-28-19-14(21)5-12(9-25)6-15(19)22/h1-4,9-12H,5-8,13-14H2,(H2,30,31,35);1-4,9-12H,5-8,13-14H2;1-8,25H,9-10H2. The SMILES string of the molecule is O=[N+]([O-])c1ccc(COc2c(F)cc(CO)cc2F)cc1Oc1ccc(Cl)nc1.O=[N+]([O-])c1ccc(COc2c(F)cc(COP(=O)(N3CC3)N3CC3)cc2F)cc1Oc1ccc(Cl)nc1.O=[N+]([O-])c1ccc(COc2c(F)cc(COP(=O)(NCCBr)NCCBr)cc2F)cc1Oc1ccc(Cl)nc1. The molecule has 3 aromatic heterocycles. The number of nitro groups is 3. The number of aromatic nitrogens is 3. The molecule has 0 unspecified atom stereocenters. The molecule has 9 aromatic rings. The van der Waals surface area contributed by atoms with Gasteiger partial charge in [0, 0.05) is 68.1 Å². The van der Waals surface area contributed by atoms with E-state index in [1.54, 1.807) is 9.34 Å². The van der Waals surface area contributed by atoms with Crippen LogP contribution in [-0.2, 0) is 57.8 Å². The van der Waals surface area contributed by atoms with E-state index < -0.39 is 88.9 Å². The first-order valence-corrected chi connectivity index (χ1v) is 37.0. The van der Waals surface area contributed by atoms with Gasteiger partial charge in [0.2, 0.25) is 17.2 Å². The molecule has 0 atom stereocenters. The van der Waals surface area contributed by atoms with Crippen molar-refractivity contribution in [3.05, 3.63) is 260 Å². The number of rotatable bonds is 33. The lowest BCUT2D eigenvalue weighted by Crippen LogP contribution is -2.26. The van der Waals surface area contributed by atoms with Gasteiger partial charge in [-0.15, -0.1) is 0 Å². The molecule has 0 radical (unpaired) electrons. The lowest BCUT2D eigenvalue weighted by atomic mass is 10.2. The van der Waals surface area contributed by atoms with E-state index >= 15 is 0 Å². The zero-order valence-electron chi connectivity index (χ0n) is 53.9. The number of nitrogens with one attached hydrogen (secondary N) is 2. The van der Waals surface area contributed by atoms with Crippen LogP contribution in [0.15, 0.2) is 146 Å². The maximum Gasteiger partial charge on any atom is 0.346 e. The van der Waals surface area contributed by atoms with Crippen LogP contribution in [0.3, 0.4) is 0 Å². The van der Waals surface area contributed by atoms with Gasteiger partial charge in [-0.2, -0.15) is 0 Å². The molecule has 0 aliphatic carbocycles. The quantitative estimate of drug-likeness (QED) is 0.00654. The number of alkyl halides is 2. The fraction of sp³-hybridized carbons (Fsp3) is 0.215. The number of ether oxygens (including phenoxy) is 6. The number of pyridine rings is 3. The molecule has 3 N–H and O–H groups in total. The summed E-state index contributed by atoms with van der Waals surface area (Å²) < 4.78 is 160. The third kappa shape index (κ3) is 23.2. The molecule has 0 bridgehead atoms. The predicted molar refractivity (Wildman–Crippen MR) is 377 cm³/mol. The summed E-state index contributed by atoms with van der Waals surface area (Å²) in [4.78, 5) is 43.7. The van der Waals surface area contributed by atoms with Crippen LogP contribution >= 0.6 is 82.0 Å². The first-order valence-electron chi connectivity index (χ1n) is 30.5. The van der Waals surface area contributed by atoms with Crippen molar-refractivity contribution in [1.29, 1.82) is 0 Å². The smallest absolute Gasteiger partial charge is 0.346 e. The third-order valence-electron chi connectivity index (χ3n) is 14.2. The van der Waals surface area contributed by atoms with Crippen molar-refractivity contribution < 1.29 is 92.8 Å². The average Bonchev–Trinajstić information content (AvgIpc) is 1.61. The van der Waals surface area contributed by atoms with Crippen molar-refractivity contribution in [2.24, 2.45) is 0 Å². The topological polar surface area (TPSA) is 326 Å². The fourth-order valence-electron chi connectivity index (χ4n) is 9.05. The number of aliphatic hydroxyl groups excluding tert-OH is 1. The Bertz CT molecular complexity index is 4600. The lowest BCUT2D eigenvalue weighted by molar-refractivity contribution is -0.385. The van der Waals surface area contributed by atoms with E-state index in [9.17, 15) is 65.8 Å². The van der Waals surface area contributed by atoms with Crippen molar-refractivity contribution in [2.45, 2.75) is 39.6 Å². The van der Waals surface area contributed by atoms with Crippen molar-refractivity contribution in [3.8, 4) is 51.7 Å². The summed E-state index contributed by atoms with van der Waals surface area (Å²) in [7, 11) is -6.59. The van der Waals surface area contributed by atoms with Gasteiger partial charge in [-0.05, 0) is 143 Å². The Morgan fingerprint density at radius 3 is 1.02 bits per heavy atom. The minimum absolute atomic E-state index is 0.0648. The highest BCUT2D eigenvalue weighted by molar-refractivity contribution is 9.09. The summed E-state index contributed by atoms with van der Waals surface area (Å²) in [6.45, 7) is 1.36. The van der Waals surface area contributed by atoms with Crippen LogP contribution in [-0.4, -0.2) is 94.1 Å². The summed E-state index contributed by atoms with van der Waals surface area (Å²) in [6, 6.07) is 26.6. The highest BCUT2D eigenvalue weighted by atomic mass is 79.9. The van der Waals surface area contributed by atoms with E-state index in [0.29, 0.717) is 66.6 Å². The molecule has 0 amide bonds. The molecule has 2 aliphatic heterocycles. The molecule has 554 valence electrons. The average molecular weight is 1690 g/mol. The van der Waals surface area contributed by atoms with Crippen LogP contribution in [0.1, 0.15) is 33.4 Å². The number of benzene rings is 6. The number of nitro benzene ring substituents is 3. The molecule has 11 rings (SSSR count). The minimum atomic E-state index is -3.46. The largest absolute Gasteiger partial charge is 0.483 e. The van der Waals surface area contributed by atoms with Gasteiger partial charge in [0.05, 0.1) is 53.2 Å². The first-order chi connectivity index (χ1) is 50.2. The van der Waals surface area contributed by atoms with Gasteiger partial charge < -0.3 is 42.6 Å². The maximum atomic E-state index is 14.7. The molecule has 105 heavy (non-hydrogen) atoms. The Labute approximate surface area is 624 Å². The van der Waals surface area contributed by atoms with E-state index in [0.717, 1.165) is 36.4 Å². The molecule has 2 fully saturated rings. The van der Waals surface area contributed by atoms with E-state index in [1.807, 2.05) is 0 Å². The number of hydrogen-bond acceptors (Lipinski definition) is 20. The Balaban J connectivity index is 0.000000184. The van der Waals surface area contributed by atoms with Gasteiger partial charge in [0.1, 0.15) is 52.5 Å². The fourth-order valence-corrected chi connectivity index (χ4v) is 14.0. The van der Waals surface area contributed by atoms with Crippen molar-refractivity contribution in [3.63, 3.8) is 0 Å². The van der Waals surface area contributed by atoms with E-state index in [2.05, 4.69) is 57.0 Å².